The minimum absolute atomic E-state index is 0.100. The Labute approximate surface area is 233 Å². The van der Waals surface area contributed by atoms with Crippen LogP contribution in [-0.4, -0.2) is 50.2 Å². The molecular formula is C30H47NO8. The Hall–Kier alpha value is -2.94. The smallest absolute Gasteiger partial charge is 0.323 e. The average Bonchev–Trinajstić information content (AvgIpc) is 2.91. The molecule has 9 heteroatoms. The fraction of sp³-hybridized carbons (Fsp3) is 0.667. The number of esters is 4. The Morgan fingerprint density at radius 1 is 0.872 bits per heavy atom. The van der Waals surface area contributed by atoms with Gasteiger partial charge >= 0.3 is 23.9 Å². The first kappa shape index (κ1) is 34.1. The van der Waals surface area contributed by atoms with Gasteiger partial charge in [0.15, 0.2) is 11.5 Å². The molecule has 1 N–H and O–H groups in total. The summed E-state index contributed by atoms with van der Waals surface area (Å²) in [4.78, 5) is 49.4. The van der Waals surface area contributed by atoms with Crippen molar-refractivity contribution < 1.29 is 38.1 Å². The molecule has 0 aliphatic rings. The van der Waals surface area contributed by atoms with Gasteiger partial charge in [0, 0.05) is 19.4 Å². The van der Waals surface area contributed by atoms with E-state index in [0.29, 0.717) is 18.4 Å². The second-order valence-corrected chi connectivity index (χ2v) is 10.3. The maximum atomic E-state index is 12.5. The van der Waals surface area contributed by atoms with Gasteiger partial charge < -0.3 is 24.3 Å². The van der Waals surface area contributed by atoms with E-state index >= 15 is 0 Å². The van der Waals surface area contributed by atoms with E-state index in [1.54, 1.807) is 18.2 Å². The zero-order chi connectivity index (χ0) is 29.3. The molecule has 9 nitrogen and oxygen atoms in total. The average molecular weight is 550 g/mol. The number of unbranched alkanes of at least 4 members (excludes halogenated alkanes) is 4. The molecule has 0 amide bonds. The van der Waals surface area contributed by atoms with E-state index in [9.17, 15) is 19.2 Å². The largest absolute Gasteiger partial charge is 0.468 e. The molecule has 0 spiro atoms. The summed E-state index contributed by atoms with van der Waals surface area (Å²) in [6, 6.07) is 4.16. The molecule has 220 valence electrons. The van der Waals surface area contributed by atoms with Crippen molar-refractivity contribution in [3.63, 3.8) is 0 Å². The summed E-state index contributed by atoms with van der Waals surface area (Å²) in [5.74, 6) is -1.29. The third kappa shape index (κ3) is 13.1. The van der Waals surface area contributed by atoms with Crippen molar-refractivity contribution in [2.75, 3.05) is 20.3 Å². The van der Waals surface area contributed by atoms with Crippen LogP contribution in [0, 0.1) is 5.41 Å². The van der Waals surface area contributed by atoms with Crippen molar-refractivity contribution in [1.29, 1.82) is 0 Å². The molecule has 0 fully saturated rings. The van der Waals surface area contributed by atoms with Gasteiger partial charge in [0.05, 0.1) is 12.5 Å². The fourth-order valence-corrected chi connectivity index (χ4v) is 3.56. The Kier molecular flexibility index (Phi) is 16.1. The van der Waals surface area contributed by atoms with Crippen LogP contribution in [0.1, 0.15) is 98.0 Å². The third-order valence-corrected chi connectivity index (χ3v) is 6.51. The minimum Gasteiger partial charge on any atom is -0.468 e. The Morgan fingerprint density at radius 2 is 1.46 bits per heavy atom. The molecule has 1 aromatic rings. The van der Waals surface area contributed by atoms with E-state index in [-0.39, 0.29) is 49.9 Å². The fourth-order valence-electron chi connectivity index (χ4n) is 3.56. The molecule has 39 heavy (non-hydrogen) atoms. The zero-order valence-corrected chi connectivity index (χ0v) is 24.6. The van der Waals surface area contributed by atoms with Gasteiger partial charge in [-0.05, 0) is 57.2 Å². The van der Waals surface area contributed by atoms with Crippen molar-refractivity contribution in [3.8, 4) is 11.5 Å². The highest BCUT2D eigenvalue weighted by atomic mass is 16.6. The van der Waals surface area contributed by atoms with E-state index in [1.165, 1.54) is 7.11 Å². The third-order valence-electron chi connectivity index (χ3n) is 6.51. The van der Waals surface area contributed by atoms with Gasteiger partial charge in [0.25, 0.3) is 0 Å². The first-order valence-electron chi connectivity index (χ1n) is 14.1. The van der Waals surface area contributed by atoms with Gasteiger partial charge in [0.2, 0.25) is 0 Å². The lowest BCUT2D eigenvalue weighted by atomic mass is 9.91. The lowest BCUT2D eigenvalue weighted by molar-refractivity contribution is -0.154. The summed E-state index contributed by atoms with van der Waals surface area (Å²) in [5, 5.41) is 3.07. The van der Waals surface area contributed by atoms with Crippen molar-refractivity contribution in [2.45, 2.75) is 105 Å². The minimum atomic E-state index is -0.733. The van der Waals surface area contributed by atoms with Crippen LogP contribution in [-0.2, 0) is 35.1 Å². The predicted octanol–water partition coefficient (Wildman–Crippen LogP) is 5.31. The summed E-state index contributed by atoms with van der Waals surface area (Å²) in [6.07, 6.45) is 6.60. The second kappa shape index (κ2) is 18.4. The van der Waals surface area contributed by atoms with Crippen LogP contribution in [0.15, 0.2) is 18.2 Å². The van der Waals surface area contributed by atoms with Crippen LogP contribution in [0.4, 0.5) is 0 Å². The molecule has 0 radical (unpaired) electrons. The van der Waals surface area contributed by atoms with E-state index in [0.717, 1.165) is 32.1 Å². The molecule has 0 saturated heterocycles. The Balaban J connectivity index is 2.98. The highest BCUT2D eigenvalue weighted by Crippen LogP contribution is 2.30. The summed E-state index contributed by atoms with van der Waals surface area (Å²) in [7, 11) is 1.30. The quantitative estimate of drug-likeness (QED) is 0.139. The molecule has 1 aromatic carbocycles. The molecular weight excluding hydrogens is 502 g/mol. The zero-order valence-electron chi connectivity index (χ0n) is 24.6. The van der Waals surface area contributed by atoms with Gasteiger partial charge in [-0.15, -0.1) is 0 Å². The predicted molar refractivity (Wildman–Crippen MR) is 149 cm³/mol. The van der Waals surface area contributed by atoms with E-state index < -0.39 is 29.4 Å². The number of nitrogens with one attached hydrogen (secondary N) is 1. The molecule has 1 atom stereocenters. The lowest BCUT2D eigenvalue weighted by Crippen LogP contribution is -2.41. The number of hydrogen-bond acceptors (Lipinski definition) is 9. The lowest BCUT2D eigenvalue weighted by Gasteiger charge is -2.21. The molecule has 0 aromatic heterocycles. The standard InChI is InChI=1S/C30H47NO8/c1-7-10-12-14-26(32)38-24-17-16-22(21-25(24)39-27(33)15-13-11-8-2)20-23(28(34)36-6)31-18-19-37-29(35)30(4,5)9-3/h16-17,21,23,31H,7-15,18-20H2,1-6H3/t23-/m0/s1. The van der Waals surface area contributed by atoms with Crippen LogP contribution in [0.2, 0.25) is 0 Å². The van der Waals surface area contributed by atoms with Crippen LogP contribution in [0.25, 0.3) is 0 Å². The monoisotopic (exact) mass is 549 g/mol. The molecule has 0 heterocycles. The Morgan fingerprint density at radius 3 is 2.00 bits per heavy atom. The van der Waals surface area contributed by atoms with Crippen molar-refractivity contribution >= 4 is 23.9 Å². The summed E-state index contributed by atoms with van der Waals surface area (Å²) < 4.78 is 21.4. The second-order valence-electron chi connectivity index (χ2n) is 10.3. The molecule has 0 saturated carbocycles. The Bertz CT molecular complexity index is 928. The van der Waals surface area contributed by atoms with Gasteiger partial charge in [-0.25, -0.2) is 0 Å². The van der Waals surface area contributed by atoms with Crippen LogP contribution < -0.4 is 14.8 Å². The van der Waals surface area contributed by atoms with Crippen molar-refractivity contribution in [2.24, 2.45) is 5.41 Å². The van der Waals surface area contributed by atoms with Gasteiger partial charge in [-0.3, -0.25) is 19.2 Å². The van der Waals surface area contributed by atoms with Crippen molar-refractivity contribution in [3.05, 3.63) is 23.8 Å². The maximum Gasteiger partial charge on any atom is 0.323 e. The van der Waals surface area contributed by atoms with E-state index in [4.69, 9.17) is 18.9 Å². The first-order valence-corrected chi connectivity index (χ1v) is 14.1. The number of carbonyl (C=O) groups excluding carboxylic acids is 4. The van der Waals surface area contributed by atoms with Gasteiger partial charge in [-0.2, -0.15) is 0 Å². The van der Waals surface area contributed by atoms with Crippen LogP contribution in [0.5, 0.6) is 11.5 Å². The van der Waals surface area contributed by atoms with E-state index in [2.05, 4.69) is 12.2 Å². The molecule has 0 aliphatic heterocycles. The van der Waals surface area contributed by atoms with Crippen LogP contribution in [0.3, 0.4) is 0 Å². The first-order chi connectivity index (χ1) is 18.6. The maximum absolute atomic E-state index is 12.5. The van der Waals surface area contributed by atoms with Gasteiger partial charge in [-0.1, -0.05) is 52.5 Å². The normalized spacial score (nSPS) is 11.9. The highest BCUT2D eigenvalue weighted by Gasteiger charge is 2.27. The highest BCUT2D eigenvalue weighted by molar-refractivity contribution is 5.78. The molecule has 1 rings (SSSR count). The van der Waals surface area contributed by atoms with E-state index in [1.807, 2.05) is 27.7 Å². The summed E-state index contributed by atoms with van der Waals surface area (Å²) in [5.41, 5.74) is 0.0944. The molecule has 0 aliphatic carbocycles. The number of hydrogen-bond donors (Lipinski definition) is 1. The number of carbonyl (C=O) groups is 4. The van der Waals surface area contributed by atoms with Crippen LogP contribution >= 0.6 is 0 Å². The SMILES string of the molecule is CCCCCC(=O)Oc1ccc(C[C@H](NCCOC(=O)C(C)(C)CC)C(=O)OC)cc1OC(=O)CCCCC. The van der Waals surface area contributed by atoms with Gasteiger partial charge in [0.1, 0.15) is 12.6 Å². The number of rotatable bonds is 19. The summed E-state index contributed by atoms with van der Waals surface area (Å²) >= 11 is 0. The topological polar surface area (TPSA) is 117 Å². The molecule has 0 bridgehead atoms. The number of methoxy groups -OCH3 is 1. The summed E-state index contributed by atoms with van der Waals surface area (Å²) in [6.45, 7) is 10.0. The van der Waals surface area contributed by atoms with Crippen molar-refractivity contribution in [1.82, 2.24) is 5.32 Å². The number of ether oxygens (including phenoxy) is 4. The molecule has 0 unspecified atom stereocenters. The number of benzene rings is 1.